The van der Waals surface area contributed by atoms with Crippen molar-refractivity contribution in [3.8, 4) is 55.1 Å². The molecule has 9 rings (SSSR count). The summed E-state index contributed by atoms with van der Waals surface area (Å²) in [6, 6.07) is 71.0. The molecule has 8 aromatic carbocycles. The first-order valence-electron chi connectivity index (χ1n) is 17.7. The first-order valence-corrected chi connectivity index (χ1v) is 18.9. The van der Waals surface area contributed by atoms with E-state index >= 15 is 0 Å². The molecule has 1 heterocycles. The summed E-state index contributed by atoms with van der Waals surface area (Å²) in [5, 5.41) is 1.02. The van der Waals surface area contributed by atoms with Crippen LogP contribution in [0.1, 0.15) is 0 Å². The molecule has 0 saturated carbocycles. The fraction of sp³-hybridized carbons (Fsp3) is 0. The van der Waals surface area contributed by atoms with Crippen LogP contribution in [0.15, 0.2) is 205 Å². The van der Waals surface area contributed by atoms with E-state index < -0.39 is 0 Å². The number of anilines is 3. The molecule has 0 N–H and O–H groups in total. The molecule has 0 spiro atoms. The Balaban J connectivity index is 1.04. The fourth-order valence-corrected chi connectivity index (χ4v) is 8.19. The molecule has 0 atom stereocenters. The third kappa shape index (κ3) is 6.78. The van der Waals surface area contributed by atoms with Gasteiger partial charge in [-0.05, 0) is 99.1 Å². The van der Waals surface area contributed by atoms with Gasteiger partial charge in [-0.25, -0.2) is 4.98 Å². The smallest absolute Gasteiger partial charge is 0.124 e. The third-order valence-electron chi connectivity index (χ3n) is 9.62. The van der Waals surface area contributed by atoms with Crippen molar-refractivity contribution in [3.63, 3.8) is 0 Å². The summed E-state index contributed by atoms with van der Waals surface area (Å²) >= 11 is 6.64. The SMILES string of the molecule is Sc1cc2nc(-c3ccccc3)sc2cc1-c1cccc(-c2ccc(N(c3ccc(-c4ccccc4)cc3)c3ccc(-c4ccccc4)cc3)cc2)c1. The van der Waals surface area contributed by atoms with E-state index in [1.165, 1.54) is 22.3 Å². The van der Waals surface area contributed by atoms with E-state index in [1.54, 1.807) is 11.3 Å². The van der Waals surface area contributed by atoms with Crippen molar-refractivity contribution in [3.05, 3.63) is 200 Å². The maximum absolute atomic E-state index is 4.92. The standard InChI is InChI=1S/C49H34N2S2/c52-47-33-46-48(53-49(50-46)39-15-8-3-9-16-39)32-45(47)41-18-10-17-40(31-41)38-23-29-44(30-24-38)51(42-25-19-36(20-26-42)34-11-4-1-5-12-34)43-27-21-37(22-28-43)35-13-6-2-7-14-35/h1-33,52H. The highest BCUT2D eigenvalue weighted by atomic mass is 32.1. The second-order valence-corrected chi connectivity index (χ2v) is 14.5. The minimum atomic E-state index is 0.919. The number of rotatable bonds is 8. The highest BCUT2D eigenvalue weighted by molar-refractivity contribution is 7.80. The molecule has 0 aliphatic heterocycles. The van der Waals surface area contributed by atoms with Crippen LogP contribution in [0.3, 0.4) is 0 Å². The van der Waals surface area contributed by atoms with Crippen molar-refractivity contribution in [2.24, 2.45) is 0 Å². The topological polar surface area (TPSA) is 16.1 Å². The average Bonchev–Trinajstić information content (AvgIpc) is 3.65. The molecule has 9 aromatic rings. The molecule has 0 unspecified atom stereocenters. The minimum Gasteiger partial charge on any atom is -0.311 e. The highest BCUT2D eigenvalue weighted by Crippen LogP contribution is 2.40. The molecule has 0 fully saturated rings. The van der Waals surface area contributed by atoms with Gasteiger partial charge >= 0.3 is 0 Å². The Morgan fingerprint density at radius 2 is 0.792 bits per heavy atom. The van der Waals surface area contributed by atoms with Crippen LogP contribution in [0, 0.1) is 0 Å². The zero-order valence-electron chi connectivity index (χ0n) is 28.8. The Morgan fingerprint density at radius 1 is 0.377 bits per heavy atom. The quantitative estimate of drug-likeness (QED) is 0.158. The molecular formula is C49H34N2S2. The Hall–Kier alpha value is -6.20. The van der Waals surface area contributed by atoms with Gasteiger partial charge in [0.1, 0.15) is 5.01 Å². The first-order chi connectivity index (χ1) is 26.2. The lowest BCUT2D eigenvalue weighted by atomic mass is 9.98. The molecule has 0 aliphatic carbocycles. The fourth-order valence-electron chi connectivity index (χ4n) is 6.88. The average molecular weight is 715 g/mol. The lowest BCUT2D eigenvalue weighted by Gasteiger charge is -2.26. The van der Waals surface area contributed by atoms with Crippen LogP contribution >= 0.6 is 24.0 Å². The number of thiol groups is 1. The Bertz CT molecular complexity index is 2550. The van der Waals surface area contributed by atoms with Crippen LogP contribution in [0.4, 0.5) is 17.1 Å². The van der Waals surface area contributed by atoms with E-state index in [1.807, 2.05) is 6.07 Å². The maximum atomic E-state index is 4.92. The van der Waals surface area contributed by atoms with E-state index in [0.717, 1.165) is 65.0 Å². The van der Waals surface area contributed by atoms with Gasteiger partial charge in [-0.15, -0.1) is 24.0 Å². The number of nitrogens with zero attached hydrogens (tertiary/aromatic N) is 2. The first kappa shape index (κ1) is 32.7. The monoisotopic (exact) mass is 714 g/mol. The van der Waals surface area contributed by atoms with Crippen molar-refractivity contribution in [2.75, 3.05) is 4.90 Å². The van der Waals surface area contributed by atoms with Gasteiger partial charge in [0.25, 0.3) is 0 Å². The van der Waals surface area contributed by atoms with Gasteiger partial charge in [0.05, 0.1) is 10.2 Å². The lowest BCUT2D eigenvalue weighted by Crippen LogP contribution is -2.09. The summed E-state index contributed by atoms with van der Waals surface area (Å²) < 4.78 is 1.15. The zero-order chi connectivity index (χ0) is 35.6. The largest absolute Gasteiger partial charge is 0.311 e. The van der Waals surface area contributed by atoms with E-state index in [0.29, 0.717) is 0 Å². The van der Waals surface area contributed by atoms with Crippen LogP contribution in [0.2, 0.25) is 0 Å². The second-order valence-electron chi connectivity index (χ2n) is 13.0. The zero-order valence-corrected chi connectivity index (χ0v) is 30.5. The molecule has 4 heteroatoms. The summed E-state index contributed by atoms with van der Waals surface area (Å²) in [7, 11) is 0. The number of hydrogen-bond donors (Lipinski definition) is 1. The van der Waals surface area contributed by atoms with Gasteiger partial charge in [0, 0.05) is 27.5 Å². The van der Waals surface area contributed by atoms with Crippen LogP contribution in [0.5, 0.6) is 0 Å². The predicted octanol–water partition coefficient (Wildman–Crippen LogP) is 14.4. The number of benzene rings is 8. The summed E-state index contributed by atoms with van der Waals surface area (Å²) in [6.07, 6.45) is 0. The van der Waals surface area contributed by atoms with E-state index in [9.17, 15) is 0 Å². The van der Waals surface area contributed by atoms with Gasteiger partial charge in [-0.2, -0.15) is 0 Å². The summed E-state index contributed by atoms with van der Waals surface area (Å²) in [5.41, 5.74) is 14.7. The molecule has 0 saturated heterocycles. The van der Waals surface area contributed by atoms with Crippen molar-refractivity contribution in [2.45, 2.75) is 4.90 Å². The predicted molar refractivity (Wildman–Crippen MR) is 229 cm³/mol. The molecule has 252 valence electrons. The normalized spacial score (nSPS) is 11.1. The maximum Gasteiger partial charge on any atom is 0.124 e. The van der Waals surface area contributed by atoms with Gasteiger partial charge in [0.2, 0.25) is 0 Å². The van der Waals surface area contributed by atoms with Crippen molar-refractivity contribution >= 4 is 51.2 Å². The Morgan fingerprint density at radius 3 is 1.30 bits per heavy atom. The molecule has 0 bridgehead atoms. The van der Waals surface area contributed by atoms with Gasteiger partial charge in [-0.3, -0.25) is 0 Å². The van der Waals surface area contributed by atoms with Crippen molar-refractivity contribution < 1.29 is 0 Å². The molecular weight excluding hydrogens is 681 g/mol. The number of aromatic nitrogens is 1. The van der Waals surface area contributed by atoms with E-state index in [4.69, 9.17) is 17.6 Å². The van der Waals surface area contributed by atoms with Crippen LogP contribution < -0.4 is 4.90 Å². The molecule has 0 aliphatic rings. The Kier molecular flexibility index (Phi) is 8.90. The lowest BCUT2D eigenvalue weighted by molar-refractivity contribution is 1.28. The van der Waals surface area contributed by atoms with Gasteiger partial charge in [-0.1, -0.05) is 146 Å². The second kappa shape index (κ2) is 14.4. The summed E-state index contributed by atoms with van der Waals surface area (Å²) in [5.74, 6) is 0. The van der Waals surface area contributed by atoms with Gasteiger partial charge < -0.3 is 4.90 Å². The summed E-state index contributed by atoms with van der Waals surface area (Å²) in [6.45, 7) is 0. The molecule has 0 radical (unpaired) electrons. The van der Waals surface area contributed by atoms with Crippen LogP contribution in [-0.2, 0) is 0 Å². The van der Waals surface area contributed by atoms with Crippen LogP contribution in [-0.4, -0.2) is 4.98 Å². The molecule has 0 amide bonds. The van der Waals surface area contributed by atoms with Crippen molar-refractivity contribution in [1.29, 1.82) is 0 Å². The highest BCUT2D eigenvalue weighted by Gasteiger charge is 2.15. The van der Waals surface area contributed by atoms with Crippen LogP contribution in [0.25, 0.3) is 65.3 Å². The number of thiazole rings is 1. The number of hydrogen-bond acceptors (Lipinski definition) is 4. The number of fused-ring (bicyclic) bond motifs is 1. The van der Waals surface area contributed by atoms with Gasteiger partial charge in [0.15, 0.2) is 0 Å². The van der Waals surface area contributed by atoms with Crippen molar-refractivity contribution in [1.82, 2.24) is 4.98 Å². The third-order valence-corrected chi connectivity index (χ3v) is 11.1. The molecule has 1 aromatic heterocycles. The summed E-state index contributed by atoms with van der Waals surface area (Å²) in [4.78, 5) is 8.15. The van der Waals surface area contributed by atoms with E-state index in [-0.39, 0.29) is 0 Å². The Labute approximate surface area is 319 Å². The van der Waals surface area contributed by atoms with E-state index in [2.05, 4.69) is 199 Å². The minimum absolute atomic E-state index is 0.919. The molecule has 53 heavy (non-hydrogen) atoms. The molecule has 2 nitrogen and oxygen atoms in total.